The quantitative estimate of drug-likeness (QED) is 0.249. The number of amides is 2. The molecule has 0 aromatic heterocycles. The molecule has 0 N–H and O–H groups in total. The standard InChI is InChI=1S/C36H35FN2O3/c1-42-30-17-13-28(14-18-30)34-33(36(41)38-21-19-26(20-22-38)23-25-7-3-2-4-8-25)31-9-5-6-10-32(31)35(40)39(34)24-27-11-15-29(37)16-12-27/h2-18,26,33-34H,19-24H2,1H3/t33-,34-/m0/s1. The minimum Gasteiger partial charge on any atom is -0.497 e. The van der Waals surface area contributed by atoms with E-state index in [0.717, 1.165) is 36.0 Å². The lowest BCUT2D eigenvalue weighted by Gasteiger charge is -2.44. The number of hydrogen-bond acceptors (Lipinski definition) is 3. The molecule has 2 aliphatic rings. The third kappa shape index (κ3) is 5.67. The topological polar surface area (TPSA) is 49.9 Å². The van der Waals surface area contributed by atoms with Gasteiger partial charge in [-0.15, -0.1) is 0 Å². The lowest BCUT2D eigenvalue weighted by atomic mass is 9.78. The van der Waals surface area contributed by atoms with Gasteiger partial charge in [0.25, 0.3) is 5.91 Å². The van der Waals surface area contributed by atoms with Crippen molar-refractivity contribution in [3.63, 3.8) is 0 Å². The Balaban J connectivity index is 1.34. The number of rotatable bonds is 7. The first-order chi connectivity index (χ1) is 20.5. The molecule has 5 nitrogen and oxygen atoms in total. The van der Waals surface area contributed by atoms with Gasteiger partial charge in [-0.05, 0) is 77.8 Å². The van der Waals surface area contributed by atoms with E-state index >= 15 is 0 Å². The summed E-state index contributed by atoms with van der Waals surface area (Å²) in [6.45, 7) is 1.64. The number of ether oxygens (including phenoxy) is 1. The predicted octanol–water partition coefficient (Wildman–Crippen LogP) is 6.80. The second-order valence-corrected chi connectivity index (χ2v) is 11.3. The van der Waals surface area contributed by atoms with Crippen LogP contribution in [0.25, 0.3) is 0 Å². The van der Waals surface area contributed by atoms with Crippen molar-refractivity contribution in [2.45, 2.75) is 37.8 Å². The smallest absolute Gasteiger partial charge is 0.255 e. The Labute approximate surface area is 246 Å². The first-order valence-electron chi connectivity index (χ1n) is 14.6. The van der Waals surface area contributed by atoms with Crippen LogP contribution in [0.15, 0.2) is 103 Å². The van der Waals surface area contributed by atoms with Gasteiger partial charge in [0.2, 0.25) is 5.91 Å². The van der Waals surface area contributed by atoms with E-state index < -0.39 is 12.0 Å². The molecule has 42 heavy (non-hydrogen) atoms. The van der Waals surface area contributed by atoms with Gasteiger partial charge in [-0.3, -0.25) is 9.59 Å². The van der Waals surface area contributed by atoms with E-state index in [4.69, 9.17) is 4.74 Å². The molecule has 2 aliphatic heterocycles. The van der Waals surface area contributed by atoms with Crippen molar-refractivity contribution in [1.82, 2.24) is 9.80 Å². The molecule has 1 fully saturated rings. The third-order valence-electron chi connectivity index (χ3n) is 8.72. The fourth-order valence-corrected chi connectivity index (χ4v) is 6.49. The summed E-state index contributed by atoms with van der Waals surface area (Å²) in [6.07, 6.45) is 2.91. The lowest BCUT2D eigenvalue weighted by molar-refractivity contribution is -0.136. The zero-order valence-corrected chi connectivity index (χ0v) is 23.8. The lowest BCUT2D eigenvalue weighted by Crippen LogP contribution is -2.49. The number of methoxy groups -OCH3 is 1. The Kier molecular flexibility index (Phi) is 8.04. The van der Waals surface area contributed by atoms with Crippen molar-refractivity contribution in [1.29, 1.82) is 0 Å². The molecule has 0 saturated carbocycles. The van der Waals surface area contributed by atoms with Crippen LogP contribution >= 0.6 is 0 Å². The van der Waals surface area contributed by atoms with Crippen molar-refractivity contribution in [3.05, 3.63) is 137 Å². The average molecular weight is 563 g/mol. The zero-order valence-electron chi connectivity index (χ0n) is 23.8. The average Bonchev–Trinajstić information content (AvgIpc) is 3.04. The number of piperidine rings is 1. The Morgan fingerprint density at radius 2 is 1.50 bits per heavy atom. The van der Waals surface area contributed by atoms with Crippen LogP contribution in [0.1, 0.15) is 57.4 Å². The second-order valence-electron chi connectivity index (χ2n) is 11.3. The fourth-order valence-electron chi connectivity index (χ4n) is 6.49. The number of hydrogen-bond donors (Lipinski definition) is 0. The van der Waals surface area contributed by atoms with Gasteiger partial charge >= 0.3 is 0 Å². The van der Waals surface area contributed by atoms with Crippen molar-refractivity contribution >= 4 is 11.8 Å². The van der Waals surface area contributed by atoms with Gasteiger partial charge in [0.15, 0.2) is 0 Å². The molecule has 0 aliphatic carbocycles. The van der Waals surface area contributed by atoms with Gasteiger partial charge in [-0.25, -0.2) is 4.39 Å². The molecule has 2 amide bonds. The van der Waals surface area contributed by atoms with Gasteiger partial charge < -0.3 is 14.5 Å². The minimum absolute atomic E-state index is 0.0398. The molecule has 214 valence electrons. The highest BCUT2D eigenvalue weighted by atomic mass is 19.1. The van der Waals surface area contributed by atoms with Crippen LogP contribution in [0.2, 0.25) is 0 Å². The van der Waals surface area contributed by atoms with Crippen LogP contribution in [-0.4, -0.2) is 41.8 Å². The van der Waals surface area contributed by atoms with Gasteiger partial charge in [0.05, 0.1) is 19.1 Å². The van der Waals surface area contributed by atoms with E-state index in [1.807, 2.05) is 59.5 Å². The van der Waals surface area contributed by atoms with E-state index in [0.29, 0.717) is 30.3 Å². The van der Waals surface area contributed by atoms with Gasteiger partial charge in [-0.2, -0.15) is 0 Å². The summed E-state index contributed by atoms with van der Waals surface area (Å²) in [5, 5.41) is 0. The van der Waals surface area contributed by atoms with Crippen LogP contribution in [-0.2, 0) is 17.8 Å². The Morgan fingerprint density at radius 3 is 2.19 bits per heavy atom. The van der Waals surface area contributed by atoms with Crippen LogP contribution in [0, 0.1) is 11.7 Å². The highest BCUT2D eigenvalue weighted by Crippen LogP contribution is 2.45. The summed E-state index contributed by atoms with van der Waals surface area (Å²) in [7, 11) is 1.62. The van der Waals surface area contributed by atoms with Gasteiger partial charge in [0, 0.05) is 25.2 Å². The van der Waals surface area contributed by atoms with E-state index in [9.17, 15) is 14.0 Å². The number of carbonyl (C=O) groups excluding carboxylic acids is 2. The van der Waals surface area contributed by atoms with Crippen LogP contribution in [0.3, 0.4) is 0 Å². The van der Waals surface area contributed by atoms with Crippen molar-refractivity contribution in [2.75, 3.05) is 20.2 Å². The molecule has 0 spiro atoms. The predicted molar refractivity (Wildman–Crippen MR) is 161 cm³/mol. The fraction of sp³-hybridized carbons (Fsp3) is 0.278. The number of benzene rings is 4. The van der Waals surface area contributed by atoms with Crippen LogP contribution in [0.4, 0.5) is 4.39 Å². The molecule has 4 aromatic carbocycles. The van der Waals surface area contributed by atoms with E-state index in [2.05, 4.69) is 24.3 Å². The summed E-state index contributed by atoms with van der Waals surface area (Å²) in [5.41, 5.74) is 4.29. The zero-order chi connectivity index (χ0) is 29.1. The van der Waals surface area contributed by atoms with Gasteiger partial charge in [0.1, 0.15) is 11.6 Å². The maximum atomic E-state index is 14.6. The maximum Gasteiger partial charge on any atom is 0.255 e. The molecule has 2 heterocycles. The molecular weight excluding hydrogens is 527 g/mol. The Morgan fingerprint density at radius 1 is 0.833 bits per heavy atom. The minimum atomic E-state index is -0.571. The molecule has 2 atom stereocenters. The summed E-state index contributed by atoms with van der Waals surface area (Å²) < 4.78 is 19.1. The second kappa shape index (κ2) is 12.2. The highest BCUT2D eigenvalue weighted by molar-refractivity contribution is 6.01. The number of likely N-dealkylation sites (tertiary alicyclic amines) is 1. The number of fused-ring (bicyclic) bond motifs is 1. The SMILES string of the molecule is COc1ccc([C@H]2[C@@H](C(=O)N3CCC(Cc4ccccc4)CC3)c3ccccc3C(=O)N2Cc2ccc(F)cc2)cc1. The molecule has 0 bridgehead atoms. The normalized spacial score (nSPS) is 19.0. The number of carbonyl (C=O) groups is 2. The van der Waals surface area contributed by atoms with Crippen LogP contribution < -0.4 is 4.74 Å². The Bertz CT molecular complexity index is 1530. The molecule has 6 heteroatoms. The largest absolute Gasteiger partial charge is 0.497 e. The molecule has 0 radical (unpaired) electrons. The number of nitrogens with zero attached hydrogens (tertiary/aromatic N) is 2. The van der Waals surface area contributed by atoms with Crippen molar-refractivity contribution in [3.8, 4) is 5.75 Å². The van der Waals surface area contributed by atoms with E-state index in [1.165, 1.54) is 17.7 Å². The molecular formula is C36H35FN2O3. The summed E-state index contributed by atoms with van der Waals surface area (Å²) in [6, 6.07) is 31.3. The molecule has 1 saturated heterocycles. The highest BCUT2D eigenvalue weighted by Gasteiger charge is 2.45. The van der Waals surface area contributed by atoms with Crippen LogP contribution in [0.5, 0.6) is 5.75 Å². The van der Waals surface area contributed by atoms with Gasteiger partial charge in [-0.1, -0.05) is 72.8 Å². The maximum absolute atomic E-state index is 14.6. The van der Waals surface area contributed by atoms with Crippen molar-refractivity contribution < 1.29 is 18.7 Å². The monoisotopic (exact) mass is 562 g/mol. The first-order valence-corrected chi connectivity index (χ1v) is 14.6. The number of halogens is 1. The van der Waals surface area contributed by atoms with E-state index in [1.54, 1.807) is 24.1 Å². The van der Waals surface area contributed by atoms with Crippen molar-refractivity contribution in [2.24, 2.45) is 5.92 Å². The third-order valence-corrected chi connectivity index (χ3v) is 8.72. The Hall–Kier alpha value is -4.45. The summed E-state index contributed by atoms with van der Waals surface area (Å²) in [4.78, 5) is 32.4. The molecule has 4 aromatic rings. The van der Waals surface area contributed by atoms with E-state index in [-0.39, 0.29) is 24.2 Å². The summed E-state index contributed by atoms with van der Waals surface area (Å²) in [5.74, 6) is 0.237. The first kappa shape index (κ1) is 27.7. The summed E-state index contributed by atoms with van der Waals surface area (Å²) >= 11 is 0. The molecule has 0 unspecified atom stereocenters. The molecule has 6 rings (SSSR count).